The summed E-state index contributed by atoms with van der Waals surface area (Å²) in [5.41, 5.74) is -0.954. The van der Waals surface area contributed by atoms with Crippen molar-refractivity contribution in [2.24, 2.45) is 10.8 Å². The zero-order chi connectivity index (χ0) is 9.41. The highest BCUT2D eigenvalue weighted by molar-refractivity contribution is 4.95. The lowest BCUT2D eigenvalue weighted by Gasteiger charge is -2.41. The van der Waals surface area contributed by atoms with E-state index in [1.54, 1.807) is 0 Å². The molecule has 0 heterocycles. The zero-order valence-electron chi connectivity index (χ0n) is 8.16. The molecule has 0 N–H and O–H groups in total. The van der Waals surface area contributed by atoms with E-state index >= 15 is 0 Å². The lowest BCUT2D eigenvalue weighted by Crippen LogP contribution is -2.39. The van der Waals surface area contributed by atoms with Crippen LogP contribution in [0.2, 0.25) is 0 Å². The predicted molar refractivity (Wildman–Crippen MR) is 46.4 cm³/mol. The van der Waals surface area contributed by atoms with E-state index in [9.17, 15) is 8.78 Å². The summed E-state index contributed by atoms with van der Waals surface area (Å²) in [7, 11) is 0. The Morgan fingerprint density at radius 3 is 1.67 bits per heavy atom. The van der Waals surface area contributed by atoms with E-state index in [0.717, 1.165) is 12.8 Å². The Labute approximate surface area is 73.3 Å². The first-order chi connectivity index (χ1) is 5.40. The lowest BCUT2D eigenvalue weighted by molar-refractivity contribution is -0.0741. The minimum absolute atomic E-state index is 0.252. The maximum atomic E-state index is 12.9. The summed E-state index contributed by atoms with van der Waals surface area (Å²) >= 11 is 0. The summed E-state index contributed by atoms with van der Waals surface area (Å²) in [6.07, 6.45) is 1.20. The van der Waals surface area contributed by atoms with Crippen LogP contribution in [-0.2, 0) is 0 Å². The van der Waals surface area contributed by atoms with Gasteiger partial charge in [0.25, 0.3) is 0 Å². The van der Waals surface area contributed by atoms with Crippen LogP contribution in [0, 0.1) is 10.8 Å². The molecule has 0 aromatic carbocycles. The van der Waals surface area contributed by atoms with E-state index in [0.29, 0.717) is 12.8 Å². The van der Waals surface area contributed by atoms with Crippen LogP contribution in [0.5, 0.6) is 0 Å². The summed E-state index contributed by atoms with van der Waals surface area (Å²) in [4.78, 5) is 0. The van der Waals surface area contributed by atoms with Gasteiger partial charge < -0.3 is 0 Å². The highest BCUT2D eigenvalue weighted by Crippen LogP contribution is 2.54. The lowest BCUT2D eigenvalue weighted by atomic mass is 9.65. The van der Waals surface area contributed by atoms with Crippen LogP contribution in [0.1, 0.15) is 46.5 Å². The topological polar surface area (TPSA) is 0 Å². The predicted octanol–water partition coefficient (Wildman–Crippen LogP) is 3.86. The van der Waals surface area contributed by atoms with Gasteiger partial charge in [0.05, 0.1) is 0 Å². The third-order valence-corrected chi connectivity index (χ3v) is 3.41. The number of hydrogen-bond donors (Lipinski definition) is 0. The third-order valence-electron chi connectivity index (χ3n) is 3.41. The minimum atomic E-state index is -2.15. The molecule has 0 spiro atoms. The second-order valence-corrected chi connectivity index (χ2v) is 4.91. The molecule has 1 aliphatic rings. The molecule has 0 amide bonds. The Balaban J connectivity index is 2.87. The van der Waals surface area contributed by atoms with Crippen LogP contribution in [0.4, 0.5) is 8.78 Å². The Hall–Kier alpha value is -0.140. The van der Waals surface area contributed by atoms with Crippen LogP contribution in [-0.4, -0.2) is 6.43 Å². The average molecular weight is 176 g/mol. The van der Waals surface area contributed by atoms with Gasteiger partial charge in [-0.3, -0.25) is 0 Å². The molecule has 12 heavy (non-hydrogen) atoms. The van der Waals surface area contributed by atoms with E-state index in [1.165, 1.54) is 0 Å². The molecule has 1 rings (SSSR count). The molecular weight excluding hydrogens is 158 g/mol. The van der Waals surface area contributed by atoms with Gasteiger partial charge in [0.15, 0.2) is 0 Å². The molecule has 0 atom stereocenters. The summed E-state index contributed by atoms with van der Waals surface area (Å²) < 4.78 is 25.8. The van der Waals surface area contributed by atoms with Crippen LogP contribution in [0.25, 0.3) is 0 Å². The zero-order valence-corrected chi connectivity index (χ0v) is 8.16. The highest BCUT2D eigenvalue weighted by Gasteiger charge is 2.50. The summed E-state index contributed by atoms with van der Waals surface area (Å²) in [6.45, 7) is 5.80. The second kappa shape index (κ2) is 2.97. The average Bonchev–Trinajstić information content (AvgIpc) is 2.31. The Bertz CT molecular complexity index is 150. The quantitative estimate of drug-likeness (QED) is 0.569. The fraction of sp³-hybridized carbons (Fsp3) is 1.00. The Morgan fingerprint density at radius 1 is 1.08 bits per heavy atom. The van der Waals surface area contributed by atoms with E-state index < -0.39 is 11.8 Å². The molecule has 1 fully saturated rings. The van der Waals surface area contributed by atoms with Gasteiger partial charge in [0.2, 0.25) is 6.43 Å². The Kier molecular flexibility index (Phi) is 2.46. The van der Waals surface area contributed by atoms with Gasteiger partial charge in [0.1, 0.15) is 0 Å². The van der Waals surface area contributed by atoms with Gasteiger partial charge >= 0.3 is 0 Å². The molecule has 2 heteroatoms. The molecule has 1 aliphatic carbocycles. The van der Waals surface area contributed by atoms with Crippen molar-refractivity contribution >= 4 is 0 Å². The van der Waals surface area contributed by atoms with Crippen molar-refractivity contribution in [3.63, 3.8) is 0 Å². The van der Waals surface area contributed by atoms with E-state index in [1.807, 2.05) is 20.8 Å². The van der Waals surface area contributed by atoms with E-state index in [4.69, 9.17) is 0 Å². The summed E-state index contributed by atoms with van der Waals surface area (Å²) in [5, 5.41) is 0. The van der Waals surface area contributed by atoms with Crippen molar-refractivity contribution in [1.82, 2.24) is 0 Å². The van der Waals surface area contributed by atoms with Gasteiger partial charge in [0, 0.05) is 5.41 Å². The molecule has 0 bridgehead atoms. The van der Waals surface area contributed by atoms with Crippen LogP contribution < -0.4 is 0 Å². The van der Waals surface area contributed by atoms with Gasteiger partial charge in [-0.2, -0.15) is 0 Å². The maximum Gasteiger partial charge on any atom is 0.244 e. The molecule has 0 saturated heterocycles. The molecule has 1 saturated carbocycles. The highest BCUT2D eigenvalue weighted by atomic mass is 19.3. The first-order valence-electron chi connectivity index (χ1n) is 4.68. The summed E-state index contributed by atoms with van der Waals surface area (Å²) in [6, 6.07) is 0. The normalized spacial score (nSPS) is 23.5. The third kappa shape index (κ3) is 1.36. The smallest absolute Gasteiger partial charge is 0.210 e. The number of rotatable bonds is 1. The molecule has 0 radical (unpaired) electrons. The van der Waals surface area contributed by atoms with E-state index in [2.05, 4.69) is 0 Å². The molecule has 72 valence electrons. The Morgan fingerprint density at radius 2 is 1.50 bits per heavy atom. The molecule has 0 aromatic heterocycles. The molecule has 0 unspecified atom stereocenters. The number of halogens is 2. The first-order valence-corrected chi connectivity index (χ1v) is 4.68. The minimum Gasteiger partial charge on any atom is -0.210 e. The van der Waals surface area contributed by atoms with Crippen LogP contribution >= 0.6 is 0 Å². The molecule has 0 nitrogen and oxygen atoms in total. The van der Waals surface area contributed by atoms with Crippen molar-refractivity contribution in [2.75, 3.05) is 0 Å². The fourth-order valence-corrected chi connectivity index (χ4v) is 2.30. The van der Waals surface area contributed by atoms with Crippen molar-refractivity contribution in [2.45, 2.75) is 52.9 Å². The van der Waals surface area contributed by atoms with Crippen molar-refractivity contribution < 1.29 is 8.78 Å². The van der Waals surface area contributed by atoms with E-state index in [-0.39, 0.29) is 5.41 Å². The molecule has 0 aliphatic heterocycles. The SMILES string of the molecule is CC(C)(C)C1(C(F)F)CCCC1. The monoisotopic (exact) mass is 176 g/mol. The van der Waals surface area contributed by atoms with Crippen molar-refractivity contribution in [3.05, 3.63) is 0 Å². The standard InChI is InChI=1S/C10H18F2/c1-9(2,3)10(8(11)12)6-4-5-7-10/h8H,4-7H2,1-3H3. The number of alkyl halides is 2. The largest absolute Gasteiger partial charge is 0.244 e. The van der Waals surface area contributed by atoms with Crippen molar-refractivity contribution in [1.29, 1.82) is 0 Å². The first kappa shape index (κ1) is 9.94. The second-order valence-electron chi connectivity index (χ2n) is 4.91. The van der Waals surface area contributed by atoms with Gasteiger partial charge in [-0.15, -0.1) is 0 Å². The van der Waals surface area contributed by atoms with Gasteiger partial charge in [-0.05, 0) is 18.3 Å². The van der Waals surface area contributed by atoms with Gasteiger partial charge in [-0.1, -0.05) is 33.6 Å². The number of hydrogen-bond acceptors (Lipinski definition) is 0. The maximum absolute atomic E-state index is 12.9. The molecule has 0 aromatic rings. The van der Waals surface area contributed by atoms with Gasteiger partial charge in [-0.25, -0.2) is 8.78 Å². The molecular formula is C10H18F2. The van der Waals surface area contributed by atoms with Crippen molar-refractivity contribution in [3.8, 4) is 0 Å². The van der Waals surface area contributed by atoms with Crippen LogP contribution in [0.3, 0.4) is 0 Å². The van der Waals surface area contributed by atoms with Crippen LogP contribution in [0.15, 0.2) is 0 Å². The summed E-state index contributed by atoms with van der Waals surface area (Å²) in [5.74, 6) is 0. The fourth-order valence-electron chi connectivity index (χ4n) is 2.30.